The van der Waals surface area contributed by atoms with Crippen LogP contribution in [0.4, 0.5) is 4.39 Å². The first-order valence-electron chi connectivity index (χ1n) is 6.71. The van der Waals surface area contributed by atoms with Gasteiger partial charge in [0.15, 0.2) is 0 Å². The Morgan fingerprint density at radius 3 is 3.05 bits per heavy atom. The van der Waals surface area contributed by atoms with Crippen molar-refractivity contribution in [3.8, 4) is 5.88 Å². The van der Waals surface area contributed by atoms with Gasteiger partial charge in [-0.15, -0.1) is 0 Å². The lowest BCUT2D eigenvalue weighted by atomic mass is 9.85. The van der Waals surface area contributed by atoms with Crippen molar-refractivity contribution in [2.75, 3.05) is 13.7 Å². The SMILES string of the molecule is CCOC(=O)C1CCC=C(c2cc(OC)ncc2F)C1. The Labute approximate surface area is 117 Å². The summed E-state index contributed by atoms with van der Waals surface area (Å²) in [5, 5.41) is 0. The van der Waals surface area contributed by atoms with E-state index in [-0.39, 0.29) is 11.9 Å². The van der Waals surface area contributed by atoms with Gasteiger partial charge in [-0.2, -0.15) is 0 Å². The van der Waals surface area contributed by atoms with Crippen molar-refractivity contribution in [1.29, 1.82) is 0 Å². The average molecular weight is 279 g/mol. The number of halogens is 1. The zero-order chi connectivity index (χ0) is 14.5. The zero-order valence-corrected chi connectivity index (χ0v) is 11.7. The fourth-order valence-electron chi connectivity index (χ4n) is 2.37. The quantitative estimate of drug-likeness (QED) is 0.795. The highest BCUT2D eigenvalue weighted by Crippen LogP contribution is 2.33. The number of ether oxygens (including phenoxy) is 2. The Kier molecular flexibility index (Phi) is 4.71. The molecule has 0 amide bonds. The van der Waals surface area contributed by atoms with Crippen molar-refractivity contribution in [1.82, 2.24) is 4.98 Å². The Bertz CT molecular complexity index is 528. The fourth-order valence-corrected chi connectivity index (χ4v) is 2.37. The molecule has 0 saturated heterocycles. The van der Waals surface area contributed by atoms with Crippen molar-refractivity contribution in [3.63, 3.8) is 0 Å². The first-order chi connectivity index (χ1) is 9.65. The van der Waals surface area contributed by atoms with Gasteiger partial charge >= 0.3 is 5.97 Å². The molecule has 0 saturated carbocycles. The molecule has 1 aromatic rings. The molecule has 1 heterocycles. The highest BCUT2D eigenvalue weighted by Gasteiger charge is 2.25. The molecule has 2 rings (SSSR count). The molecule has 0 aromatic carbocycles. The Morgan fingerprint density at radius 1 is 1.55 bits per heavy atom. The summed E-state index contributed by atoms with van der Waals surface area (Å²) in [6.45, 7) is 2.15. The minimum Gasteiger partial charge on any atom is -0.481 e. The van der Waals surface area contributed by atoms with E-state index in [4.69, 9.17) is 9.47 Å². The molecule has 20 heavy (non-hydrogen) atoms. The second kappa shape index (κ2) is 6.50. The minimum atomic E-state index is -0.401. The number of methoxy groups -OCH3 is 1. The van der Waals surface area contributed by atoms with Crippen LogP contribution in [0.25, 0.3) is 5.57 Å². The number of hydrogen-bond acceptors (Lipinski definition) is 4. The minimum absolute atomic E-state index is 0.200. The van der Waals surface area contributed by atoms with Crippen molar-refractivity contribution in [2.24, 2.45) is 5.92 Å². The second-order valence-electron chi connectivity index (χ2n) is 4.67. The second-order valence-corrected chi connectivity index (χ2v) is 4.67. The van der Waals surface area contributed by atoms with E-state index in [0.717, 1.165) is 24.6 Å². The van der Waals surface area contributed by atoms with E-state index < -0.39 is 5.82 Å². The molecule has 0 N–H and O–H groups in total. The Morgan fingerprint density at radius 2 is 2.35 bits per heavy atom. The molecule has 108 valence electrons. The summed E-state index contributed by atoms with van der Waals surface area (Å²) in [5.74, 6) is -0.449. The monoisotopic (exact) mass is 279 g/mol. The molecule has 1 aliphatic carbocycles. The lowest BCUT2D eigenvalue weighted by Crippen LogP contribution is -2.20. The van der Waals surface area contributed by atoms with Gasteiger partial charge in [-0.05, 0) is 31.8 Å². The summed E-state index contributed by atoms with van der Waals surface area (Å²) in [7, 11) is 1.49. The number of carbonyl (C=O) groups excluding carboxylic acids is 1. The summed E-state index contributed by atoms with van der Waals surface area (Å²) in [6, 6.07) is 1.56. The van der Waals surface area contributed by atoms with E-state index in [9.17, 15) is 9.18 Å². The normalized spacial score (nSPS) is 18.4. The summed E-state index contributed by atoms with van der Waals surface area (Å²) < 4.78 is 24.0. The van der Waals surface area contributed by atoms with Crippen molar-refractivity contribution < 1.29 is 18.7 Å². The van der Waals surface area contributed by atoms with Gasteiger partial charge in [0.25, 0.3) is 0 Å². The first-order valence-corrected chi connectivity index (χ1v) is 6.71. The number of carbonyl (C=O) groups is 1. The smallest absolute Gasteiger partial charge is 0.309 e. The fraction of sp³-hybridized carbons (Fsp3) is 0.467. The maximum Gasteiger partial charge on any atom is 0.309 e. The highest BCUT2D eigenvalue weighted by molar-refractivity contribution is 5.78. The van der Waals surface area contributed by atoms with Crippen LogP contribution < -0.4 is 4.74 Å². The zero-order valence-electron chi connectivity index (χ0n) is 11.7. The molecular formula is C15H18FNO3. The van der Waals surface area contributed by atoms with E-state index in [1.54, 1.807) is 13.0 Å². The van der Waals surface area contributed by atoms with Crippen LogP contribution in [-0.4, -0.2) is 24.7 Å². The van der Waals surface area contributed by atoms with E-state index in [0.29, 0.717) is 24.5 Å². The van der Waals surface area contributed by atoms with E-state index in [1.807, 2.05) is 6.08 Å². The van der Waals surface area contributed by atoms with Crippen LogP contribution in [0.3, 0.4) is 0 Å². The van der Waals surface area contributed by atoms with E-state index in [2.05, 4.69) is 4.98 Å². The van der Waals surface area contributed by atoms with Crippen LogP contribution in [0.5, 0.6) is 5.88 Å². The van der Waals surface area contributed by atoms with Gasteiger partial charge in [-0.25, -0.2) is 9.37 Å². The molecule has 4 nitrogen and oxygen atoms in total. The third kappa shape index (κ3) is 3.15. The first kappa shape index (κ1) is 14.5. The molecule has 5 heteroatoms. The molecule has 0 radical (unpaired) electrons. The van der Waals surface area contributed by atoms with Gasteiger partial charge in [0, 0.05) is 11.6 Å². The average Bonchev–Trinajstić information content (AvgIpc) is 2.48. The molecule has 1 atom stereocenters. The van der Waals surface area contributed by atoms with E-state index >= 15 is 0 Å². The number of esters is 1. The van der Waals surface area contributed by atoms with Crippen LogP contribution in [0.1, 0.15) is 31.7 Å². The standard InChI is InChI=1S/C15H18FNO3/c1-3-20-15(18)11-6-4-5-10(7-11)12-8-14(19-2)17-9-13(12)16/h5,8-9,11H,3-4,6-7H2,1-2H3. The van der Waals surface area contributed by atoms with Crippen molar-refractivity contribution in [2.45, 2.75) is 26.2 Å². The number of aromatic nitrogens is 1. The number of hydrogen-bond donors (Lipinski definition) is 0. The Hall–Kier alpha value is -1.91. The molecule has 0 fully saturated rings. The molecule has 0 spiro atoms. The number of nitrogens with zero attached hydrogens (tertiary/aromatic N) is 1. The lowest BCUT2D eigenvalue weighted by Gasteiger charge is -2.21. The van der Waals surface area contributed by atoms with Crippen LogP contribution in [0.15, 0.2) is 18.3 Å². The van der Waals surface area contributed by atoms with Gasteiger partial charge in [0.2, 0.25) is 5.88 Å². The summed E-state index contributed by atoms with van der Waals surface area (Å²) in [6.07, 6.45) is 5.08. The summed E-state index contributed by atoms with van der Waals surface area (Å²) in [4.78, 5) is 15.6. The van der Waals surface area contributed by atoms with Gasteiger partial charge in [0.1, 0.15) is 5.82 Å². The third-order valence-electron chi connectivity index (χ3n) is 3.38. The molecular weight excluding hydrogens is 261 g/mol. The van der Waals surface area contributed by atoms with Crippen molar-refractivity contribution in [3.05, 3.63) is 29.7 Å². The predicted octanol–water partition coefficient (Wildman–Crippen LogP) is 2.98. The maximum atomic E-state index is 13.9. The molecule has 1 aromatic heterocycles. The number of pyridine rings is 1. The van der Waals surface area contributed by atoms with Crippen molar-refractivity contribution >= 4 is 11.5 Å². The number of allylic oxidation sites excluding steroid dienone is 2. The third-order valence-corrected chi connectivity index (χ3v) is 3.38. The molecule has 0 aliphatic heterocycles. The highest BCUT2D eigenvalue weighted by atomic mass is 19.1. The summed E-state index contributed by atoms with van der Waals surface area (Å²) in [5.41, 5.74) is 1.26. The van der Waals surface area contributed by atoms with Gasteiger partial charge in [0.05, 0.1) is 25.8 Å². The molecule has 1 aliphatic rings. The van der Waals surface area contributed by atoms with Crippen LogP contribution >= 0.6 is 0 Å². The van der Waals surface area contributed by atoms with Crippen LogP contribution in [-0.2, 0) is 9.53 Å². The Balaban J connectivity index is 2.20. The molecule has 0 bridgehead atoms. The lowest BCUT2D eigenvalue weighted by molar-refractivity contribution is -0.148. The van der Waals surface area contributed by atoms with Crippen LogP contribution in [0, 0.1) is 11.7 Å². The largest absolute Gasteiger partial charge is 0.481 e. The number of rotatable bonds is 4. The topological polar surface area (TPSA) is 48.4 Å². The van der Waals surface area contributed by atoms with Crippen LogP contribution in [0.2, 0.25) is 0 Å². The van der Waals surface area contributed by atoms with E-state index in [1.165, 1.54) is 7.11 Å². The molecule has 1 unspecified atom stereocenters. The maximum absolute atomic E-state index is 13.9. The van der Waals surface area contributed by atoms with Gasteiger partial charge in [-0.3, -0.25) is 4.79 Å². The summed E-state index contributed by atoms with van der Waals surface area (Å²) >= 11 is 0. The predicted molar refractivity (Wildman–Crippen MR) is 72.7 cm³/mol. The van der Waals surface area contributed by atoms with Gasteiger partial charge in [-0.1, -0.05) is 6.08 Å². The van der Waals surface area contributed by atoms with Gasteiger partial charge < -0.3 is 9.47 Å².